The number of hydrogen-bond acceptors (Lipinski definition) is 5. The van der Waals surface area contributed by atoms with Gasteiger partial charge in [-0.05, 0) is 42.5 Å². The maximum atomic E-state index is 12.5. The highest BCUT2D eigenvalue weighted by Gasteiger charge is 2.11. The number of rotatable bonds is 10. The SMILES string of the molecule is COc1ccccc1/C=C/C=N/NC(=O)c1ccccc1OCCOc1ccccc1. The predicted molar refractivity (Wildman–Crippen MR) is 122 cm³/mol. The highest BCUT2D eigenvalue weighted by molar-refractivity contribution is 5.97. The van der Waals surface area contributed by atoms with Gasteiger partial charge in [0.25, 0.3) is 5.91 Å². The van der Waals surface area contributed by atoms with Gasteiger partial charge in [0, 0.05) is 11.8 Å². The molecule has 0 saturated heterocycles. The van der Waals surface area contributed by atoms with Crippen molar-refractivity contribution in [2.45, 2.75) is 0 Å². The molecule has 0 aromatic heterocycles. The Balaban J connectivity index is 1.51. The Morgan fingerprint density at radius 2 is 1.55 bits per heavy atom. The summed E-state index contributed by atoms with van der Waals surface area (Å²) in [6.07, 6.45) is 5.07. The van der Waals surface area contributed by atoms with E-state index in [1.807, 2.05) is 66.7 Å². The molecule has 31 heavy (non-hydrogen) atoms. The van der Waals surface area contributed by atoms with Crippen molar-refractivity contribution in [1.29, 1.82) is 0 Å². The van der Waals surface area contributed by atoms with Gasteiger partial charge in [-0.25, -0.2) is 5.43 Å². The standard InChI is InChI=1S/C25H24N2O4/c1-29-23-15-7-5-10-20(23)11-9-17-26-27-25(28)22-14-6-8-16-24(22)31-19-18-30-21-12-3-2-4-13-21/h2-17H,18-19H2,1H3,(H,27,28)/b11-9+,26-17+. The van der Waals surface area contributed by atoms with E-state index in [0.29, 0.717) is 24.5 Å². The normalized spacial score (nSPS) is 10.9. The van der Waals surface area contributed by atoms with E-state index in [9.17, 15) is 4.79 Å². The van der Waals surface area contributed by atoms with Crippen molar-refractivity contribution < 1.29 is 19.0 Å². The Labute approximate surface area is 181 Å². The molecule has 0 saturated carbocycles. The molecule has 3 aromatic rings. The summed E-state index contributed by atoms with van der Waals surface area (Å²) in [5.74, 6) is 1.64. The van der Waals surface area contributed by atoms with Gasteiger partial charge in [-0.15, -0.1) is 0 Å². The molecule has 158 valence electrons. The number of benzene rings is 3. The van der Waals surface area contributed by atoms with Crippen LogP contribution in [0.5, 0.6) is 17.2 Å². The van der Waals surface area contributed by atoms with Gasteiger partial charge >= 0.3 is 0 Å². The maximum absolute atomic E-state index is 12.5. The van der Waals surface area contributed by atoms with Crippen LogP contribution in [0.2, 0.25) is 0 Å². The lowest BCUT2D eigenvalue weighted by molar-refractivity contribution is 0.0950. The van der Waals surface area contributed by atoms with Crippen molar-refractivity contribution >= 4 is 18.2 Å². The summed E-state index contributed by atoms with van der Waals surface area (Å²) in [4.78, 5) is 12.5. The number of methoxy groups -OCH3 is 1. The highest BCUT2D eigenvalue weighted by Crippen LogP contribution is 2.19. The van der Waals surface area contributed by atoms with E-state index in [1.165, 1.54) is 6.21 Å². The number of nitrogens with zero attached hydrogens (tertiary/aromatic N) is 1. The topological polar surface area (TPSA) is 69.2 Å². The number of hydrogen-bond donors (Lipinski definition) is 1. The minimum absolute atomic E-state index is 0.310. The van der Waals surface area contributed by atoms with Crippen LogP contribution in [-0.4, -0.2) is 32.4 Å². The average molecular weight is 416 g/mol. The largest absolute Gasteiger partial charge is 0.496 e. The second kappa shape index (κ2) is 11.8. The fourth-order valence-electron chi connectivity index (χ4n) is 2.76. The quantitative estimate of drug-likeness (QED) is 0.298. The first-order valence-corrected chi connectivity index (χ1v) is 9.80. The van der Waals surface area contributed by atoms with Crippen molar-refractivity contribution in [1.82, 2.24) is 5.43 Å². The number of allylic oxidation sites excluding steroid dienone is 1. The van der Waals surface area contributed by atoms with Crippen LogP contribution in [0, 0.1) is 0 Å². The van der Waals surface area contributed by atoms with E-state index in [1.54, 1.807) is 31.4 Å². The summed E-state index contributed by atoms with van der Waals surface area (Å²) in [5, 5.41) is 3.96. The second-order valence-electron chi connectivity index (χ2n) is 6.33. The van der Waals surface area contributed by atoms with Gasteiger partial charge in [-0.2, -0.15) is 5.10 Å². The molecule has 6 heteroatoms. The summed E-state index contributed by atoms with van der Waals surface area (Å²) >= 11 is 0. The molecule has 0 radical (unpaired) electrons. The molecular formula is C25H24N2O4. The fourth-order valence-corrected chi connectivity index (χ4v) is 2.76. The number of carbonyl (C=O) groups excluding carboxylic acids is 1. The first kappa shape index (κ1) is 21.6. The van der Waals surface area contributed by atoms with Crippen LogP contribution in [0.4, 0.5) is 0 Å². The van der Waals surface area contributed by atoms with E-state index in [2.05, 4.69) is 10.5 Å². The van der Waals surface area contributed by atoms with Crippen LogP contribution in [0.25, 0.3) is 6.08 Å². The zero-order valence-corrected chi connectivity index (χ0v) is 17.2. The van der Waals surface area contributed by atoms with Crippen LogP contribution in [-0.2, 0) is 0 Å². The molecule has 0 heterocycles. The molecule has 0 spiro atoms. The summed E-state index contributed by atoms with van der Waals surface area (Å²) in [6.45, 7) is 0.677. The molecule has 0 aliphatic heterocycles. The molecule has 1 amide bonds. The first-order valence-electron chi connectivity index (χ1n) is 9.80. The fraction of sp³-hybridized carbons (Fsp3) is 0.120. The number of hydrazone groups is 1. The van der Waals surface area contributed by atoms with Gasteiger partial charge in [-0.1, -0.05) is 48.5 Å². The van der Waals surface area contributed by atoms with E-state index >= 15 is 0 Å². The number of carbonyl (C=O) groups is 1. The molecule has 1 N–H and O–H groups in total. The van der Waals surface area contributed by atoms with Crippen LogP contribution in [0.15, 0.2) is 90.0 Å². The Morgan fingerprint density at radius 3 is 2.35 bits per heavy atom. The Hall–Kier alpha value is -4.06. The lowest BCUT2D eigenvalue weighted by Crippen LogP contribution is -2.19. The first-order chi connectivity index (χ1) is 15.3. The van der Waals surface area contributed by atoms with Crippen LogP contribution in [0.3, 0.4) is 0 Å². The lowest BCUT2D eigenvalue weighted by atomic mass is 10.2. The molecule has 3 rings (SSSR count). The Kier molecular flexibility index (Phi) is 8.26. The van der Waals surface area contributed by atoms with E-state index in [-0.39, 0.29) is 5.91 Å². The van der Waals surface area contributed by atoms with Gasteiger partial charge in [0.2, 0.25) is 0 Å². The number of amides is 1. The Morgan fingerprint density at radius 1 is 0.871 bits per heavy atom. The molecule has 3 aromatic carbocycles. The van der Waals surface area contributed by atoms with E-state index < -0.39 is 0 Å². The van der Waals surface area contributed by atoms with Crippen molar-refractivity contribution in [3.63, 3.8) is 0 Å². The van der Waals surface area contributed by atoms with Crippen LogP contribution in [0.1, 0.15) is 15.9 Å². The minimum atomic E-state index is -0.360. The molecule has 0 atom stereocenters. The summed E-state index contributed by atoms with van der Waals surface area (Å²) in [5.41, 5.74) is 3.82. The van der Waals surface area contributed by atoms with Gasteiger partial charge in [0.05, 0.1) is 12.7 Å². The van der Waals surface area contributed by atoms with Crippen molar-refractivity contribution in [2.24, 2.45) is 5.10 Å². The molecule has 0 bridgehead atoms. The molecular weight excluding hydrogens is 392 g/mol. The average Bonchev–Trinajstić information content (AvgIpc) is 2.82. The van der Waals surface area contributed by atoms with E-state index in [0.717, 1.165) is 17.1 Å². The third-order valence-electron chi connectivity index (χ3n) is 4.23. The summed E-state index contributed by atoms with van der Waals surface area (Å²) in [7, 11) is 1.62. The number of nitrogens with one attached hydrogen (secondary N) is 1. The summed E-state index contributed by atoms with van der Waals surface area (Å²) < 4.78 is 16.6. The summed E-state index contributed by atoms with van der Waals surface area (Å²) in [6, 6.07) is 24.1. The minimum Gasteiger partial charge on any atom is -0.496 e. The third kappa shape index (κ3) is 6.75. The van der Waals surface area contributed by atoms with E-state index in [4.69, 9.17) is 14.2 Å². The predicted octanol–water partition coefficient (Wildman–Crippen LogP) is 4.58. The molecule has 0 aliphatic carbocycles. The van der Waals surface area contributed by atoms with Gasteiger partial charge < -0.3 is 14.2 Å². The van der Waals surface area contributed by atoms with Crippen LogP contribution < -0.4 is 19.6 Å². The lowest BCUT2D eigenvalue weighted by Gasteiger charge is -2.11. The van der Waals surface area contributed by atoms with Gasteiger partial charge in [0.15, 0.2) is 0 Å². The highest BCUT2D eigenvalue weighted by atomic mass is 16.5. The van der Waals surface area contributed by atoms with Gasteiger partial charge in [0.1, 0.15) is 30.5 Å². The Bertz CT molecular complexity index is 1030. The number of para-hydroxylation sites is 3. The van der Waals surface area contributed by atoms with Gasteiger partial charge in [-0.3, -0.25) is 4.79 Å². The molecule has 6 nitrogen and oxygen atoms in total. The van der Waals surface area contributed by atoms with Crippen LogP contribution >= 0.6 is 0 Å². The monoisotopic (exact) mass is 416 g/mol. The zero-order valence-electron chi connectivity index (χ0n) is 17.2. The van der Waals surface area contributed by atoms with Crippen molar-refractivity contribution in [2.75, 3.05) is 20.3 Å². The van der Waals surface area contributed by atoms with Crippen molar-refractivity contribution in [3.05, 3.63) is 96.1 Å². The van der Waals surface area contributed by atoms with Crippen molar-refractivity contribution in [3.8, 4) is 17.2 Å². The molecule has 0 aliphatic rings. The maximum Gasteiger partial charge on any atom is 0.275 e. The third-order valence-corrected chi connectivity index (χ3v) is 4.23. The second-order valence-corrected chi connectivity index (χ2v) is 6.33. The smallest absolute Gasteiger partial charge is 0.275 e. The molecule has 0 fully saturated rings. The zero-order chi connectivity index (χ0) is 21.7. The molecule has 0 unspecified atom stereocenters. The number of ether oxygens (including phenoxy) is 3.